The SMILES string of the molecule is Cc1cc(C(=O)N2CCC(C(=O)Nc3ccc(Cl)cc3)C2)cc(C(F)(F)F)c1. The Kier molecular flexibility index (Phi) is 5.65. The Balaban J connectivity index is 1.68. The zero-order valence-corrected chi connectivity index (χ0v) is 15.8. The topological polar surface area (TPSA) is 49.4 Å². The fourth-order valence-electron chi connectivity index (χ4n) is 3.19. The zero-order valence-electron chi connectivity index (χ0n) is 15.0. The van der Waals surface area contributed by atoms with Crippen LogP contribution in [-0.2, 0) is 11.0 Å². The largest absolute Gasteiger partial charge is 0.416 e. The highest BCUT2D eigenvalue weighted by Crippen LogP contribution is 2.31. The fourth-order valence-corrected chi connectivity index (χ4v) is 3.32. The molecule has 0 aromatic heterocycles. The number of hydrogen-bond acceptors (Lipinski definition) is 2. The molecule has 8 heteroatoms. The van der Waals surface area contributed by atoms with E-state index in [2.05, 4.69) is 5.32 Å². The van der Waals surface area contributed by atoms with Crippen molar-refractivity contribution in [1.29, 1.82) is 0 Å². The van der Waals surface area contributed by atoms with Crippen molar-refractivity contribution < 1.29 is 22.8 Å². The van der Waals surface area contributed by atoms with Gasteiger partial charge in [-0.1, -0.05) is 11.6 Å². The molecule has 1 saturated heterocycles. The number of likely N-dealkylation sites (tertiary alicyclic amines) is 1. The van der Waals surface area contributed by atoms with Gasteiger partial charge in [0.05, 0.1) is 11.5 Å². The number of halogens is 4. The fraction of sp³-hybridized carbons (Fsp3) is 0.300. The first-order valence-corrected chi connectivity index (χ1v) is 9.06. The minimum Gasteiger partial charge on any atom is -0.338 e. The maximum absolute atomic E-state index is 13.0. The zero-order chi connectivity index (χ0) is 20.5. The normalized spacial score (nSPS) is 16.9. The number of hydrogen-bond donors (Lipinski definition) is 1. The number of carbonyl (C=O) groups excluding carboxylic acids is 2. The standard InChI is InChI=1S/C20H18ClF3N2O2/c1-12-8-14(10-15(9-12)20(22,23)24)19(28)26-7-6-13(11-26)18(27)25-17-4-2-16(21)3-5-17/h2-5,8-10,13H,6-7,11H2,1H3,(H,25,27). The van der Waals surface area contributed by atoms with Gasteiger partial charge in [-0.3, -0.25) is 9.59 Å². The van der Waals surface area contributed by atoms with Crippen LogP contribution in [-0.4, -0.2) is 29.8 Å². The van der Waals surface area contributed by atoms with Crippen LogP contribution in [0.1, 0.15) is 27.9 Å². The summed E-state index contributed by atoms with van der Waals surface area (Å²) in [5.41, 5.74) is 0.0697. The van der Waals surface area contributed by atoms with Gasteiger partial charge in [-0.15, -0.1) is 0 Å². The van der Waals surface area contributed by atoms with Crippen molar-refractivity contribution in [2.45, 2.75) is 19.5 Å². The van der Waals surface area contributed by atoms with E-state index in [1.807, 2.05) is 0 Å². The van der Waals surface area contributed by atoms with E-state index < -0.39 is 23.6 Å². The third kappa shape index (κ3) is 4.65. The minimum absolute atomic E-state index is 0.0221. The predicted molar refractivity (Wildman–Crippen MR) is 100 cm³/mol. The smallest absolute Gasteiger partial charge is 0.338 e. The number of amides is 2. The van der Waals surface area contributed by atoms with E-state index in [9.17, 15) is 22.8 Å². The molecule has 1 unspecified atom stereocenters. The monoisotopic (exact) mass is 410 g/mol. The van der Waals surface area contributed by atoms with Gasteiger partial charge < -0.3 is 10.2 Å². The summed E-state index contributed by atoms with van der Waals surface area (Å²) in [7, 11) is 0. The van der Waals surface area contributed by atoms with Crippen molar-refractivity contribution in [1.82, 2.24) is 4.90 Å². The van der Waals surface area contributed by atoms with E-state index in [-0.39, 0.29) is 18.0 Å². The number of nitrogens with zero attached hydrogens (tertiary/aromatic N) is 1. The van der Waals surface area contributed by atoms with Crippen molar-refractivity contribution >= 4 is 29.1 Å². The van der Waals surface area contributed by atoms with Gasteiger partial charge >= 0.3 is 6.18 Å². The van der Waals surface area contributed by atoms with Gasteiger partial charge in [0.1, 0.15) is 0 Å². The molecular formula is C20H18ClF3N2O2. The first-order chi connectivity index (χ1) is 13.1. The van der Waals surface area contributed by atoms with Crippen LogP contribution in [0.15, 0.2) is 42.5 Å². The molecule has 1 aliphatic heterocycles. The predicted octanol–water partition coefficient (Wildman–Crippen LogP) is 4.77. The molecule has 2 amide bonds. The summed E-state index contributed by atoms with van der Waals surface area (Å²) >= 11 is 5.81. The van der Waals surface area contributed by atoms with Gasteiger partial charge in [0.2, 0.25) is 5.91 Å². The van der Waals surface area contributed by atoms with E-state index in [1.54, 1.807) is 24.3 Å². The summed E-state index contributed by atoms with van der Waals surface area (Å²) < 4.78 is 39.0. The second kappa shape index (κ2) is 7.83. The number of rotatable bonds is 3. The van der Waals surface area contributed by atoms with Crippen LogP contribution < -0.4 is 5.32 Å². The summed E-state index contributed by atoms with van der Waals surface area (Å²) in [6.45, 7) is 1.98. The lowest BCUT2D eigenvalue weighted by Crippen LogP contribution is -2.31. The molecule has 1 aliphatic rings. The average Bonchev–Trinajstić information content (AvgIpc) is 3.12. The average molecular weight is 411 g/mol. The second-order valence-electron chi connectivity index (χ2n) is 6.82. The van der Waals surface area contributed by atoms with E-state index >= 15 is 0 Å². The Morgan fingerprint density at radius 1 is 1.14 bits per heavy atom. The van der Waals surface area contributed by atoms with Crippen LogP contribution in [0.4, 0.5) is 18.9 Å². The van der Waals surface area contributed by atoms with Crippen molar-refractivity contribution in [2.75, 3.05) is 18.4 Å². The summed E-state index contributed by atoms with van der Waals surface area (Å²) in [5, 5.41) is 3.31. The van der Waals surface area contributed by atoms with E-state index in [1.165, 1.54) is 17.9 Å². The summed E-state index contributed by atoms with van der Waals surface area (Å²) in [6.07, 6.45) is -4.07. The first-order valence-electron chi connectivity index (χ1n) is 8.68. The molecule has 0 aliphatic carbocycles. The van der Waals surface area contributed by atoms with Gasteiger partial charge in [0.15, 0.2) is 0 Å². The van der Waals surface area contributed by atoms with Crippen LogP contribution >= 0.6 is 11.6 Å². The number of nitrogens with one attached hydrogen (secondary N) is 1. The molecule has 4 nitrogen and oxygen atoms in total. The molecular weight excluding hydrogens is 393 g/mol. The number of alkyl halides is 3. The van der Waals surface area contributed by atoms with Crippen LogP contribution in [0.3, 0.4) is 0 Å². The lowest BCUT2D eigenvalue weighted by atomic mass is 10.1. The van der Waals surface area contributed by atoms with Gasteiger partial charge in [-0.2, -0.15) is 13.2 Å². The minimum atomic E-state index is -4.52. The third-order valence-corrected chi connectivity index (χ3v) is 4.86. The highest BCUT2D eigenvalue weighted by molar-refractivity contribution is 6.30. The van der Waals surface area contributed by atoms with E-state index in [0.29, 0.717) is 29.2 Å². The van der Waals surface area contributed by atoms with Crippen LogP contribution in [0.2, 0.25) is 5.02 Å². The first kappa shape index (κ1) is 20.2. The summed E-state index contributed by atoms with van der Waals surface area (Å²) in [6, 6.07) is 9.93. The number of carbonyl (C=O) groups is 2. The quantitative estimate of drug-likeness (QED) is 0.792. The Bertz CT molecular complexity index is 897. The van der Waals surface area contributed by atoms with Crippen LogP contribution in [0.5, 0.6) is 0 Å². The molecule has 1 atom stereocenters. The van der Waals surface area contributed by atoms with Gasteiger partial charge in [0, 0.05) is 29.4 Å². The summed E-state index contributed by atoms with van der Waals surface area (Å²) in [5.74, 6) is -1.17. The molecule has 0 saturated carbocycles. The van der Waals surface area contributed by atoms with Crippen molar-refractivity contribution in [2.24, 2.45) is 5.92 Å². The highest BCUT2D eigenvalue weighted by atomic mass is 35.5. The van der Waals surface area contributed by atoms with E-state index in [0.717, 1.165) is 12.1 Å². The molecule has 2 aromatic rings. The second-order valence-corrected chi connectivity index (χ2v) is 7.25. The van der Waals surface area contributed by atoms with Crippen LogP contribution in [0.25, 0.3) is 0 Å². The third-order valence-electron chi connectivity index (χ3n) is 4.61. The lowest BCUT2D eigenvalue weighted by Gasteiger charge is -2.18. The molecule has 1 fully saturated rings. The maximum Gasteiger partial charge on any atom is 0.416 e. The van der Waals surface area contributed by atoms with Gasteiger partial charge in [-0.25, -0.2) is 0 Å². The number of anilines is 1. The molecule has 0 spiro atoms. The van der Waals surface area contributed by atoms with Crippen LogP contribution in [0, 0.1) is 12.8 Å². The van der Waals surface area contributed by atoms with Crippen molar-refractivity contribution in [3.8, 4) is 0 Å². The lowest BCUT2D eigenvalue weighted by molar-refractivity contribution is -0.137. The van der Waals surface area contributed by atoms with Gasteiger partial charge in [0.25, 0.3) is 5.91 Å². The summed E-state index contributed by atoms with van der Waals surface area (Å²) in [4.78, 5) is 26.5. The van der Waals surface area contributed by atoms with Crippen molar-refractivity contribution in [3.63, 3.8) is 0 Å². The Morgan fingerprint density at radius 3 is 2.46 bits per heavy atom. The molecule has 28 heavy (non-hydrogen) atoms. The molecule has 3 rings (SSSR count). The van der Waals surface area contributed by atoms with Crippen molar-refractivity contribution in [3.05, 3.63) is 64.2 Å². The number of aryl methyl sites for hydroxylation is 1. The maximum atomic E-state index is 13.0. The Morgan fingerprint density at radius 2 is 1.82 bits per heavy atom. The molecule has 148 valence electrons. The Hall–Kier alpha value is -2.54. The molecule has 0 radical (unpaired) electrons. The van der Waals surface area contributed by atoms with E-state index in [4.69, 9.17) is 11.6 Å². The molecule has 1 heterocycles. The van der Waals surface area contributed by atoms with Gasteiger partial charge in [-0.05, 0) is 61.4 Å². The Labute approximate surface area is 165 Å². The molecule has 1 N–H and O–H groups in total. The molecule has 0 bridgehead atoms. The highest BCUT2D eigenvalue weighted by Gasteiger charge is 2.34. The molecule has 2 aromatic carbocycles. The number of benzene rings is 2.